The van der Waals surface area contributed by atoms with Gasteiger partial charge in [0, 0.05) is 17.3 Å². The van der Waals surface area contributed by atoms with E-state index in [-0.39, 0.29) is 23.8 Å². The second kappa shape index (κ2) is 6.72. The van der Waals surface area contributed by atoms with Gasteiger partial charge in [-0.15, -0.1) is 0 Å². The first-order valence-corrected chi connectivity index (χ1v) is 10.6. The first kappa shape index (κ1) is 18.9. The van der Waals surface area contributed by atoms with Crippen LogP contribution in [0.5, 0.6) is 17.2 Å². The second-order valence-electron chi connectivity index (χ2n) is 5.58. The third-order valence-corrected chi connectivity index (χ3v) is 4.31. The molecular weight excluding hydrogens is 400 g/mol. The van der Waals surface area contributed by atoms with Gasteiger partial charge in [0.05, 0.1) is 12.8 Å². The van der Waals surface area contributed by atoms with E-state index in [1.165, 1.54) is 47.4 Å². The predicted molar refractivity (Wildman–Crippen MR) is 94.3 cm³/mol. The monoisotopic (exact) mass is 414 g/mol. The molecule has 0 spiro atoms. The topological polar surface area (TPSA) is 142 Å². The molecule has 0 fully saturated rings. The molecule has 2 N–H and O–H groups in total. The normalized spacial score (nSPS) is 14.3. The smallest absolute Gasteiger partial charge is 0.409 e. The number of nitrogens with zero attached hydrogens (tertiary/aromatic N) is 1. The van der Waals surface area contributed by atoms with E-state index in [1.807, 2.05) is 0 Å². The zero-order valence-corrected chi connectivity index (χ0v) is 15.5. The number of carbonyl (C=O) groups excluding carboxylic acids is 1. The van der Waals surface area contributed by atoms with E-state index in [2.05, 4.69) is 4.18 Å². The number of anilines is 1. The molecule has 1 amide bonds. The van der Waals surface area contributed by atoms with E-state index in [9.17, 15) is 21.6 Å². The molecule has 0 unspecified atom stereocenters. The SMILES string of the molecule is CS(=O)(=O)Oc1ccc(N2Cc3ccc(OS(N)(=O)=O)cc3OC2=O)cc1. The van der Waals surface area contributed by atoms with Crippen LogP contribution in [-0.4, -0.2) is 29.2 Å². The van der Waals surface area contributed by atoms with Crippen molar-refractivity contribution in [3.63, 3.8) is 0 Å². The number of hydrogen-bond acceptors (Lipinski definition) is 8. The van der Waals surface area contributed by atoms with Gasteiger partial charge >= 0.3 is 26.5 Å². The highest BCUT2D eigenvalue weighted by molar-refractivity contribution is 7.86. The average Bonchev–Trinajstić information content (AvgIpc) is 2.52. The van der Waals surface area contributed by atoms with E-state index < -0.39 is 26.5 Å². The van der Waals surface area contributed by atoms with Gasteiger partial charge in [-0.2, -0.15) is 22.0 Å². The Morgan fingerprint density at radius 3 is 2.22 bits per heavy atom. The summed E-state index contributed by atoms with van der Waals surface area (Å²) < 4.78 is 58.7. The number of fused-ring (bicyclic) bond motifs is 1. The maximum atomic E-state index is 12.3. The minimum Gasteiger partial charge on any atom is -0.409 e. The van der Waals surface area contributed by atoms with Crippen LogP contribution in [0.1, 0.15) is 5.56 Å². The standard InChI is InChI=1S/C15H14N2O8S2/c1-26(19,20)24-12-6-3-11(4-7-12)17-9-10-2-5-13(25-27(16,21)22)8-14(10)23-15(17)18/h2-8H,9H2,1H3,(H2,16,21,22). The van der Waals surface area contributed by atoms with Gasteiger partial charge in [0.1, 0.15) is 17.2 Å². The van der Waals surface area contributed by atoms with Crippen LogP contribution >= 0.6 is 0 Å². The molecule has 1 aliphatic heterocycles. The van der Waals surface area contributed by atoms with Crippen LogP contribution in [0.3, 0.4) is 0 Å². The molecule has 2 aromatic carbocycles. The zero-order valence-electron chi connectivity index (χ0n) is 13.9. The average molecular weight is 414 g/mol. The van der Waals surface area contributed by atoms with E-state index in [4.69, 9.17) is 14.1 Å². The second-order valence-corrected chi connectivity index (χ2v) is 8.31. The summed E-state index contributed by atoms with van der Waals surface area (Å²) in [6.07, 6.45) is 0.223. The van der Waals surface area contributed by atoms with E-state index in [1.54, 1.807) is 0 Å². The molecule has 10 nitrogen and oxygen atoms in total. The number of amides is 1. The molecule has 1 heterocycles. The van der Waals surface area contributed by atoms with Crippen LogP contribution in [0.4, 0.5) is 10.5 Å². The van der Waals surface area contributed by atoms with Crippen molar-refractivity contribution in [1.29, 1.82) is 0 Å². The zero-order chi connectivity index (χ0) is 19.8. The summed E-state index contributed by atoms with van der Waals surface area (Å²) in [6, 6.07) is 9.99. The fourth-order valence-corrected chi connectivity index (χ4v) is 3.22. The Hall–Kier alpha value is -2.83. The molecule has 0 aromatic heterocycles. The van der Waals surface area contributed by atoms with Crippen LogP contribution in [0, 0.1) is 0 Å². The van der Waals surface area contributed by atoms with Crippen LogP contribution < -0.4 is 23.1 Å². The van der Waals surface area contributed by atoms with Gasteiger partial charge in [-0.05, 0) is 36.4 Å². The molecule has 2 aromatic rings. The summed E-state index contributed by atoms with van der Waals surface area (Å²) in [5, 5.41) is 4.81. The number of rotatable bonds is 5. The quantitative estimate of drug-likeness (QED) is 0.717. The summed E-state index contributed by atoms with van der Waals surface area (Å²) in [5.74, 6) is 0.172. The van der Waals surface area contributed by atoms with Gasteiger partial charge in [-0.1, -0.05) is 0 Å². The summed E-state index contributed by atoms with van der Waals surface area (Å²) in [6.45, 7) is 0.149. The molecule has 144 valence electrons. The Morgan fingerprint density at radius 2 is 1.63 bits per heavy atom. The van der Waals surface area contributed by atoms with Crippen LogP contribution in [0.25, 0.3) is 0 Å². The Labute approximate surface area is 155 Å². The lowest BCUT2D eigenvalue weighted by Crippen LogP contribution is -2.37. The fourth-order valence-electron chi connectivity index (χ4n) is 2.38. The molecule has 3 rings (SSSR count). The van der Waals surface area contributed by atoms with Crippen molar-refractivity contribution >= 4 is 32.2 Å². The molecule has 27 heavy (non-hydrogen) atoms. The minimum atomic E-state index is -4.19. The summed E-state index contributed by atoms with van der Waals surface area (Å²) in [4.78, 5) is 13.6. The molecule has 0 atom stereocenters. The molecule has 1 aliphatic rings. The van der Waals surface area contributed by atoms with Crippen molar-refractivity contribution in [2.24, 2.45) is 5.14 Å². The number of ether oxygens (including phenoxy) is 1. The van der Waals surface area contributed by atoms with Gasteiger partial charge in [-0.3, -0.25) is 4.90 Å². The van der Waals surface area contributed by atoms with Gasteiger partial charge in [-0.25, -0.2) is 4.79 Å². The molecular formula is C15H14N2O8S2. The third kappa shape index (κ3) is 4.87. The summed E-state index contributed by atoms with van der Waals surface area (Å²) in [7, 11) is -7.85. The molecule has 0 saturated carbocycles. The molecule has 0 bridgehead atoms. The highest BCUT2D eigenvalue weighted by atomic mass is 32.2. The summed E-state index contributed by atoms with van der Waals surface area (Å²) in [5.41, 5.74) is 1.06. The van der Waals surface area contributed by atoms with Crippen LogP contribution in [0.15, 0.2) is 42.5 Å². The lowest BCUT2D eigenvalue weighted by molar-refractivity contribution is 0.203. The van der Waals surface area contributed by atoms with Crippen molar-refractivity contribution in [2.75, 3.05) is 11.2 Å². The van der Waals surface area contributed by atoms with Gasteiger partial charge in [0.2, 0.25) is 0 Å². The van der Waals surface area contributed by atoms with Crippen LogP contribution in [-0.2, 0) is 27.0 Å². The Bertz CT molecular complexity index is 1100. The maximum absolute atomic E-state index is 12.3. The van der Waals surface area contributed by atoms with E-state index in [0.29, 0.717) is 11.3 Å². The predicted octanol–water partition coefficient (Wildman–Crippen LogP) is 1.13. The summed E-state index contributed by atoms with van der Waals surface area (Å²) >= 11 is 0. The van der Waals surface area contributed by atoms with E-state index in [0.717, 1.165) is 6.26 Å². The Morgan fingerprint density at radius 1 is 1.00 bits per heavy atom. The largest absolute Gasteiger partial charge is 0.420 e. The van der Waals surface area contributed by atoms with Crippen LogP contribution in [0.2, 0.25) is 0 Å². The molecule has 0 aliphatic carbocycles. The molecule has 0 radical (unpaired) electrons. The first-order valence-electron chi connectivity index (χ1n) is 7.34. The molecule has 0 saturated heterocycles. The number of nitrogens with two attached hydrogens (primary N) is 1. The number of carbonyl (C=O) groups is 1. The number of benzene rings is 2. The van der Waals surface area contributed by atoms with Gasteiger partial charge in [0.25, 0.3) is 0 Å². The number of hydrogen-bond donors (Lipinski definition) is 1. The van der Waals surface area contributed by atoms with E-state index >= 15 is 0 Å². The van der Waals surface area contributed by atoms with Crippen molar-refractivity contribution in [1.82, 2.24) is 0 Å². The first-order chi connectivity index (χ1) is 12.5. The van der Waals surface area contributed by atoms with Gasteiger partial charge < -0.3 is 13.1 Å². The lowest BCUT2D eigenvalue weighted by atomic mass is 10.1. The Kier molecular flexibility index (Phi) is 4.71. The van der Waals surface area contributed by atoms with Gasteiger partial charge in [0.15, 0.2) is 0 Å². The maximum Gasteiger partial charge on any atom is 0.420 e. The fraction of sp³-hybridized carbons (Fsp3) is 0.133. The van der Waals surface area contributed by atoms with Crippen molar-refractivity contribution in [3.05, 3.63) is 48.0 Å². The Balaban J connectivity index is 1.81. The van der Waals surface area contributed by atoms with Crippen molar-refractivity contribution in [3.8, 4) is 17.2 Å². The third-order valence-electron chi connectivity index (χ3n) is 3.39. The highest BCUT2D eigenvalue weighted by Gasteiger charge is 2.27. The lowest BCUT2D eigenvalue weighted by Gasteiger charge is -2.28. The van der Waals surface area contributed by atoms with Crippen molar-refractivity contribution in [2.45, 2.75) is 6.54 Å². The molecule has 12 heteroatoms. The minimum absolute atomic E-state index is 0.0835. The van der Waals surface area contributed by atoms with Crippen molar-refractivity contribution < 1.29 is 34.7 Å². The highest BCUT2D eigenvalue weighted by Crippen LogP contribution is 2.33.